The molecule has 0 aliphatic rings. The maximum Gasteiger partial charge on any atom is 0.273 e. The molecule has 0 heterocycles. The summed E-state index contributed by atoms with van der Waals surface area (Å²) in [6.45, 7) is -0.470. The van der Waals surface area contributed by atoms with Gasteiger partial charge in [0.2, 0.25) is 0 Å². The lowest BCUT2D eigenvalue weighted by Gasteiger charge is -2.08. The van der Waals surface area contributed by atoms with Crippen molar-refractivity contribution >= 4 is 35.1 Å². The molecule has 11 heteroatoms. The summed E-state index contributed by atoms with van der Waals surface area (Å²) in [5.74, 6) is -1.60. The van der Waals surface area contributed by atoms with Crippen LogP contribution in [0.2, 0.25) is 0 Å². The quantitative estimate of drug-likeness (QED) is 0.404. The number of non-ortho nitro benzene ring substituents is 1. The number of oxime groups is 1. The van der Waals surface area contributed by atoms with Gasteiger partial charge in [-0.25, -0.2) is 4.39 Å². The topological polar surface area (TPSA) is 132 Å². The highest BCUT2D eigenvalue weighted by atomic mass is 19.1. The van der Waals surface area contributed by atoms with Crippen LogP contribution in [0.4, 0.5) is 21.5 Å². The van der Waals surface area contributed by atoms with Gasteiger partial charge >= 0.3 is 0 Å². The number of ether oxygens (including phenoxy) is 1. The van der Waals surface area contributed by atoms with Crippen LogP contribution in [0.15, 0.2) is 47.6 Å². The molecule has 2 amide bonds. The molecule has 2 N–H and O–H groups in total. The first-order valence-electron chi connectivity index (χ1n) is 7.73. The molecule has 0 spiro atoms. The summed E-state index contributed by atoms with van der Waals surface area (Å²) < 4.78 is 17.8. The monoisotopic (exact) mass is 390 g/mol. The van der Waals surface area contributed by atoms with Crippen molar-refractivity contribution in [1.29, 1.82) is 0 Å². The second kappa shape index (κ2) is 9.62. The predicted molar refractivity (Wildman–Crippen MR) is 97.8 cm³/mol. The van der Waals surface area contributed by atoms with E-state index in [1.165, 1.54) is 43.5 Å². The van der Waals surface area contributed by atoms with Crippen LogP contribution in [0.5, 0.6) is 5.75 Å². The lowest BCUT2D eigenvalue weighted by Crippen LogP contribution is -2.18. The van der Waals surface area contributed by atoms with Crippen molar-refractivity contribution in [3.05, 3.63) is 58.4 Å². The number of anilines is 2. The Morgan fingerprint density at radius 3 is 2.57 bits per heavy atom. The second-order valence-electron chi connectivity index (χ2n) is 5.19. The van der Waals surface area contributed by atoms with Crippen molar-refractivity contribution in [3.63, 3.8) is 0 Å². The molecule has 0 saturated carbocycles. The van der Waals surface area contributed by atoms with Crippen LogP contribution in [0.25, 0.3) is 0 Å². The minimum Gasteiger partial charge on any atom is -0.494 e. The first-order chi connectivity index (χ1) is 13.4. The average Bonchev–Trinajstić information content (AvgIpc) is 2.67. The van der Waals surface area contributed by atoms with Gasteiger partial charge in [-0.3, -0.25) is 19.7 Å². The molecule has 0 aliphatic heterocycles. The number of hydrogen-bond acceptors (Lipinski definition) is 7. The molecule has 0 fully saturated rings. The molecule has 0 aliphatic carbocycles. The van der Waals surface area contributed by atoms with Crippen molar-refractivity contribution in [3.8, 4) is 5.75 Å². The molecule has 0 unspecified atom stereocenters. The highest BCUT2D eigenvalue weighted by molar-refractivity contribution is 6.31. The molecular weight excluding hydrogens is 375 g/mol. The Hall–Kier alpha value is -4.02. The number of nitrogens with one attached hydrogen (secondary N) is 2. The molecular formula is C17H15FN4O6. The number of carbonyl (C=O) groups is 2. The maximum absolute atomic E-state index is 12.8. The summed E-state index contributed by atoms with van der Waals surface area (Å²) in [6.07, 6.45) is 0.784. The van der Waals surface area contributed by atoms with E-state index in [1.54, 1.807) is 0 Å². The Morgan fingerprint density at radius 2 is 1.93 bits per heavy atom. The third-order valence-corrected chi connectivity index (χ3v) is 3.22. The van der Waals surface area contributed by atoms with Gasteiger partial charge in [0.15, 0.2) is 6.61 Å². The fourth-order valence-corrected chi connectivity index (χ4v) is 1.97. The van der Waals surface area contributed by atoms with Gasteiger partial charge in [0.1, 0.15) is 17.8 Å². The van der Waals surface area contributed by atoms with Gasteiger partial charge in [-0.2, -0.15) is 0 Å². The van der Waals surface area contributed by atoms with E-state index in [1.807, 2.05) is 0 Å². The van der Waals surface area contributed by atoms with Crippen molar-refractivity contribution in [1.82, 2.24) is 0 Å². The number of methoxy groups -OCH3 is 1. The zero-order valence-corrected chi connectivity index (χ0v) is 14.5. The van der Waals surface area contributed by atoms with Crippen molar-refractivity contribution in [2.45, 2.75) is 0 Å². The predicted octanol–water partition coefficient (Wildman–Crippen LogP) is 2.32. The molecule has 2 aromatic carbocycles. The molecule has 0 atom stereocenters. The summed E-state index contributed by atoms with van der Waals surface area (Å²) in [7, 11) is 1.30. The van der Waals surface area contributed by atoms with Crippen LogP contribution in [-0.2, 0) is 14.4 Å². The highest BCUT2D eigenvalue weighted by Crippen LogP contribution is 2.28. The van der Waals surface area contributed by atoms with E-state index < -0.39 is 29.2 Å². The van der Waals surface area contributed by atoms with Crippen LogP contribution < -0.4 is 15.4 Å². The van der Waals surface area contributed by atoms with Crippen LogP contribution >= 0.6 is 0 Å². The van der Waals surface area contributed by atoms with E-state index in [0.29, 0.717) is 5.69 Å². The minimum atomic E-state index is -0.703. The fourth-order valence-electron chi connectivity index (χ4n) is 1.97. The largest absolute Gasteiger partial charge is 0.494 e. The fraction of sp³-hybridized carbons (Fsp3) is 0.118. The molecule has 0 radical (unpaired) electrons. The van der Waals surface area contributed by atoms with Crippen LogP contribution in [0.3, 0.4) is 0 Å². The van der Waals surface area contributed by atoms with Crippen molar-refractivity contribution in [2.24, 2.45) is 5.16 Å². The van der Waals surface area contributed by atoms with E-state index in [0.717, 1.165) is 12.3 Å². The lowest BCUT2D eigenvalue weighted by molar-refractivity contribution is -0.384. The Labute approximate surface area is 158 Å². The zero-order chi connectivity index (χ0) is 20.5. The first kappa shape index (κ1) is 20.3. The van der Waals surface area contributed by atoms with Crippen LogP contribution in [0.1, 0.15) is 0 Å². The normalized spacial score (nSPS) is 10.4. The van der Waals surface area contributed by atoms with E-state index in [2.05, 4.69) is 15.8 Å². The average molecular weight is 390 g/mol. The summed E-state index contributed by atoms with van der Waals surface area (Å²) in [5.41, 5.74) is 0.375. The van der Waals surface area contributed by atoms with Gasteiger partial charge in [0.25, 0.3) is 17.5 Å². The summed E-state index contributed by atoms with van der Waals surface area (Å²) in [6, 6.07) is 8.79. The molecule has 0 saturated heterocycles. The molecule has 0 bridgehead atoms. The molecule has 146 valence electrons. The zero-order valence-electron chi connectivity index (χ0n) is 14.5. The Bertz CT molecular complexity index is 901. The number of hydrogen-bond donors (Lipinski definition) is 2. The lowest BCUT2D eigenvalue weighted by atomic mass is 10.2. The summed E-state index contributed by atoms with van der Waals surface area (Å²) >= 11 is 0. The minimum absolute atomic E-state index is 0.0931. The number of nitro groups is 1. The van der Waals surface area contributed by atoms with Gasteiger partial charge < -0.3 is 20.2 Å². The molecule has 0 aromatic heterocycles. The number of nitrogens with zero attached hydrogens (tertiary/aromatic N) is 2. The third kappa shape index (κ3) is 6.05. The third-order valence-electron chi connectivity index (χ3n) is 3.22. The van der Waals surface area contributed by atoms with Gasteiger partial charge in [-0.05, 0) is 30.3 Å². The van der Waals surface area contributed by atoms with E-state index in [-0.39, 0.29) is 17.1 Å². The number of halogens is 1. The molecule has 28 heavy (non-hydrogen) atoms. The summed E-state index contributed by atoms with van der Waals surface area (Å²) in [5, 5.41) is 19.0. The van der Waals surface area contributed by atoms with Gasteiger partial charge in [0.05, 0.1) is 23.8 Å². The Kier molecular flexibility index (Phi) is 6.97. The highest BCUT2D eigenvalue weighted by Gasteiger charge is 2.12. The van der Waals surface area contributed by atoms with E-state index >= 15 is 0 Å². The Balaban J connectivity index is 1.82. The van der Waals surface area contributed by atoms with E-state index in [4.69, 9.17) is 9.57 Å². The molecule has 2 rings (SSSR count). The summed E-state index contributed by atoms with van der Waals surface area (Å²) in [4.78, 5) is 38.3. The van der Waals surface area contributed by atoms with Crippen molar-refractivity contribution in [2.75, 3.05) is 24.4 Å². The van der Waals surface area contributed by atoms with Crippen LogP contribution in [0, 0.1) is 15.9 Å². The molecule has 10 nitrogen and oxygen atoms in total. The van der Waals surface area contributed by atoms with Gasteiger partial charge in [0, 0.05) is 11.8 Å². The van der Waals surface area contributed by atoms with Gasteiger partial charge in [-0.1, -0.05) is 5.16 Å². The number of amides is 2. The standard InChI is InChI=1S/C17H15FN4O6/c1-27-15-8-13(22(25)26)6-7-14(15)21-16(23)9-19-28-10-17(24)20-12-4-2-11(18)3-5-12/h2-9H,10H2,1H3,(H,20,24)(H,21,23)/b19-9-. The first-order valence-corrected chi connectivity index (χ1v) is 7.73. The Morgan fingerprint density at radius 1 is 1.21 bits per heavy atom. The van der Waals surface area contributed by atoms with E-state index in [9.17, 15) is 24.1 Å². The second-order valence-corrected chi connectivity index (χ2v) is 5.19. The SMILES string of the molecule is COc1cc([N+](=O)[O-])ccc1NC(=O)/C=N\OCC(=O)Nc1ccc(F)cc1. The number of benzene rings is 2. The number of carbonyl (C=O) groups excluding carboxylic acids is 2. The maximum atomic E-state index is 12.8. The van der Waals surface area contributed by atoms with Crippen LogP contribution in [-0.4, -0.2) is 36.7 Å². The van der Waals surface area contributed by atoms with Crippen molar-refractivity contribution < 1.29 is 28.5 Å². The van der Waals surface area contributed by atoms with Gasteiger partial charge in [-0.15, -0.1) is 0 Å². The smallest absolute Gasteiger partial charge is 0.273 e. The number of rotatable bonds is 8. The number of nitro benzene ring substituents is 1. The molecule has 2 aromatic rings.